The van der Waals surface area contributed by atoms with Crippen molar-refractivity contribution in [3.05, 3.63) is 18.2 Å². The molecule has 1 heterocycles. The highest BCUT2D eigenvalue weighted by Crippen LogP contribution is 2.30. The highest BCUT2D eigenvalue weighted by Gasteiger charge is 2.32. The van der Waals surface area contributed by atoms with Gasteiger partial charge in [-0.1, -0.05) is 18.7 Å². The van der Waals surface area contributed by atoms with Crippen LogP contribution in [0.25, 0.3) is 0 Å². The summed E-state index contributed by atoms with van der Waals surface area (Å²) in [5.74, 6) is 0.674. The Morgan fingerprint density at radius 1 is 1.36 bits per heavy atom. The van der Waals surface area contributed by atoms with Crippen LogP contribution < -0.4 is 20.1 Å². The van der Waals surface area contributed by atoms with E-state index in [0.717, 1.165) is 6.42 Å². The Balaban J connectivity index is 1.96. The van der Waals surface area contributed by atoms with E-state index in [1.807, 2.05) is 13.8 Å². The predicted octanol–water partition coefficient (Wildman–Crippen LogP) is 2.42. The molecule has 7 nitrogen and oxygen atoms in total. The molecular weight excluding hydrogens is 342 g/mol. The average molecular weight is 365 g/mol. The first-order valence-electron chi connectivity index (χ1n) is 8.04. The number of nitrogens with zero attached hydrogens (tertiary/aromatic N) is 1. The van der Waals surface area contributed by atoms with Crippen molar-refractivity contribution in [1.29, 1.82) is 0 Å². The first kappa shape index (κ1) is 19.1. The Labute approximate surface area is 151 Å². The van der Waals surface area contributed by atoms with Crippen LogP contribution >= 0.6 is 11.8 Å². The predicted molar refractivity (Wildman–Crippen MR) is 99.5 cm³/mol. The summed E-state index contributed by atoms with van der Waals surface area (Å²) in [5.41, 5.74) is 0.583. The van der Waals surface area contributed by atoms with Crippen LogP contribution in [0.2, 0.25) is 0 Å². The topological polar surface area (TPSA) is 89.0 Å². The second-order valence-electron chi connectivity index (χ2n) is 5.61. The molecule has 2 rings (SSSR count). The zero-order chi connectivity index (χ0) is 18.4. The summed E-state index contributed by atoms with van der Waals surface area (Å²) < 4.78 is 10.4. The third kappa shape index (κ3) is 5.12. The van der Waals surface area contributed by atoms with Gasteiger partial charge < -0.3 is 20.1 Å². The van der Waals surface area contributed by atoms with Gasteiger partial charge in [0.25, 0.3) is 0 Å². The summed E-state index contributed by atoms with van der Waals surface area (Å²) in [7, 11) is 3.08. The molecule has 2 atom stereocenters. The molecular formula is C17H23N3O4S. The van der Waals surface area contributed by atoms with E-state index in [4.69, 9.17) is 9.47 Å². The second-order valence-corrected chi connectivity index (χ2v) is 6.80. The van der Waals surface area contributed by atoms with E-state index in [1.54, 1.807) is 25.3 Å². The third-order valence-corrected chi connectivity index (χ3v) is 4.84. The Bertz CT molecular complexity index is 678. The van der Waals surface area contributed by atoms with Crippen molar-refractivity contribution < 1.29 is 19.1 Å². The maximum absolute atomic E-state index is 12.2. The monoisotopic (exact) mass is 365 g/mol. The lowest BCUT2D eigenvalue weighted by Crippen LogP contribution is -2.28. The van der Waals surface area contributed by atoms with Gasteiger partial charge in [0, 0.05) is 24.2 Å². The summed E-state index contributed by atoms with van der Waals surface area (Å²) in [6, 6.07) is 5.25. The van der Waals surface area contributed by atoms with Crippen LogP contribution in [-0.2, 0) is 9.59 Å². The highest BCUT2D eigenvalue weighted by atomic mass is 32.2. The number of ether oxygens (including phenoxy) is 2. The van der Waals surface area contributed by atoms with Gasteiger partial charge in [0.2, 0.25) is 11.8 Å². The lowest BCUT2D eigenvalue weighted by atomic mass is 10.2. The van der Waals surface area contributed by atoms with Gasteiger partial charge in [-0.25, -0.2) is 0 Å². The Morgan fingerprint density at radius 2 is 2.08 bits per heavy atom. The lowest BCUT2D eigenvalue weighted by molar-refractivity contribution is -0.122. The van der Waals surface area contributed by atoms with Gasteiger partial charge >= 0.3 is 0 Å². The van der Waals surface area contributed by atoms with Gasteiger partial charge in [-0.3, -0.25) is 14.6 Å². The van der Waals surface area contributed by atoms with Crippen molar-refractivity contribution in [2.24, 2.45) is 4.99 Å². The van der Waals surface area contributed by atoms with Gasteiger partial charge in [0.1, 0.15) is 5.25 Å². The molecule has 1 aromatic carbocycles. The molecule has 0 saturated carbocycles. The summed E-state index contributed by atoms with van der Waals surface area (Å²) in [5, 5.41) is 5.62. The van der Waals surface area contributed by atoms with Crippen molar-refractivity contribution in [2.45, 2.75) is 38.0 Å². The molecule has 1 fully saturated rings. The molecule has 0 radical (unpaired) electrons. The number of thioether (sulfide) groups is 1. The summed E-state index contributed by atoms with van der Waals surface area (Å²) >= 11 is 1.30. The molecule has 8 heteroatoms. The molecule has 1 aliphatic heterocycles. The number of carbonyl (C=O) groups excluding carboxylic acids is 2. The molecule has 0 spiro atoms. The number of aliphatic imine (C=N–C) groups is 1. The molecule has 25 heavy (non-hydrogen) atoms. The van der Waals surface area contributed by atoms with Gasteiger partial charge in [-0.2, -0.15) is 0 Å². The number of carbonyl (C=O) groups is 2. The number of rotatable bonds is 7. The minimum Gasteiger partial charge on any atom is -0.493 e. The largest absolute Gasteiger partial charge is 0.493 e. The molecule has 0 unspecified atom stereocenters. The zero-order valence-electron chi connectivity index (χ0n) is 14.8. The summed E-state index contributed by atoms with van der Waals surface area (Å²) in [6.07, 6.45) is 0.967. The van der Waals surface area contributed by atoms with Crippen LogP contribution in [0, 0.1) is 0 Å². The van der Waals surface area contributed by atoms with Crippen LogP contribution in [0.3, 0.4) is 0 Å². The van der Waals surface area contributed by atoms with Crippen molar-refractivity contribution in [3.8, 4) is 11.5 Å². The lowest BCUT2D eigenvalue weighted by Gasteiger charge is -2.11. The van der Waals surface area contributed by atoms with Crippen LogP contribution in [0.5, 0.6) is 11.5 Å². The van der Waals surface area contributed by atoms with Crippen molar-refractivity contribution in [2.75, 3.05) is 19.5 Å². The van der Waals surface area contributed by atoms with Crippen LogP contribution in [0.1, 0.15) is 26.7 Å². The summed E-state index contributed by atoms with van der Waals surface area (Å²) in [6.45, 7) is 4.01. The van der Waals surface area contributed by atoms with Crippen LogP contribution in [-0.4, -0.2) is 42.5 Å². The quantitative estimate of drug-likeness (QED) is 0.775. The minimum atomic E-state index is -0.469. The summed E-state index contributed by atoms with van der Waals surface area (Å²) in [4.78, 5) is 28.6. The van der Waals surface area contributed by atoms with Gasteiger partial charge in [-0.05, 0) is 25.5 Å². The smallest absolute Gasteiger partial charge is 0.240 e. The number of amidine groups is 1. The molecule has 136 valence electrons. The van der Waals surface area contributed by atoms with E-state index in [9.17, 15) is 9.59 Å². The number of hydrogen-bond acceptors (Lipinski definition) is 6. The zero-order valence-corrected chi connectivity index (χ0v) is 15.6. The van der Waals surface area contributed by atoms with E-state index < -0.39 is 5.25 Å². The highest BCUT2D eigenvalue weighted by molar-refractivity contribution is 8.15. The Kier molecular flexibility index (Phi) is 6.69. The number of nitrogens with one attached hydrogen (secondary N) is 2. The standard InChI is InChI=1S/C17H23N3O4S/c1-5-10(2)18-17-20-16(22)14(25-17)9-15(21)19-11-6-7-12(23-3)13(8-11)24-4/h6-8,10,14H,5,9H2,1-4H3,(H,19,21)(H,18,20,22)/t10-,14-/m0/s1. The average Bonchev–Trinajstić information content (AvgIpc) is 2.93. The van der Waals surface area contributed by atoms with Crippen molar-refractivity contribution >= 4 is 34.4 Å². The normalized spacial score (nSPS) is 19.4. The van der Waals surface area contributed by atoms with Crippen LogP contribution in [0.4, 0.5) is 5.69 Å². The van der Waals surface area contributed by atoms with E-state index in [2.05, 4.69) is 15.6 Å². The molecule has 1 saturated heterocycles. The minimum absolute atomic E-state index is 0.0738. The van der Waals surface area contributed by atoms with Crippen LogP contribution in [0.15, 0.2) is 23.2 Å². The number of amides is 2. The Hall–Kier alpha value is -2.22. The van der Waals surface area contributed by atoms with Gasteiger partial charge in [0.15, 0.2) is 16.7 Å². The molecule has 2 amide bonds. The Morgan fingerprint density at radius 3 is 2.72 bits per heavy atom. The van der Waals surface area contributed by atoms with E-state index in [0.29, 0.717) is 22.4 Å². The van der Waals surface area contributed by atoms with Gasteiger partial charge in [0.05, 0.1) is 14.2 Å². The molecule has 1 aromatic rings. The molecule has 1 aliphatic rings. The molecule has 0 aliphatic carbocycles. The van der Waals surface area contributed by atoms with Gasteiger partial charge in [-0.15, -0.1) is 0 Å². The second kappa shape index (κ2) is 8.75. The third-order valence-electron chi connectivity index (χ3n) is 3.74. The number of benzene rings is 1. The van der Waals surface area contributed by atoms with E-state index >= 15 is 0 Å². The van der Waals surface area contributed by atoms with E-state index in [1.165, 1.54) is 18.9 Å². The SMILES string of the molecule is CC[C@H](C)N=C1NC(=O)[C@H](CC(=O)Nc2ccc(OC)c(OC)c2)S1. The first-order chi connectivity index (χ1) is 12.0. The first-order valence-corrected chi connectivity index (χ1v) is 8.92. The molecule has 0 bridgehead atoms. The fraction of sp³-hybridized carbons (Fsp3) is 0.471. The number of anilines is 1. The maximum Gasteiger partial charge on any atom is 0.240 e. The fourth-order valence-electron chi connectivity index (χ4n) is 2.19. The van der Waals surface area contributed by atoms with Crippen molar-refractivity contribution in [1.82, 2.24) is 5.32 Å². The number of hydrogen-bond donors (Lipinski definition) is 2. The fourth-order valence-corrected chi connectivity index (χ4v) is 3.26. The van der Waals surface area contributed by atoms with E-state index in [-0.39, 0.29) is 24.3 Å². The maximum atomic E-state index is 12.2. The number of methoxy groups -OCH3 is 2. The van der Waals surface area contributed by atoms with Crippen molar-refractivity contribution in [3.63, 3.8) is 0 Å². The molecule has 0 aromatic heterocycles. The molecule has 2 N–H and O–H groups in total.